The predicted octanol–water partition coefficient (Wildman–Crippen LogP) is 1.10. The Morgan fingerprint density at radius 1 is 1.75 bits per heavy atom. The monoisotopic (exact) mass is 186 g/mol. The van der Waals surface area contributed by atoms with Crippen molar-refractivity contribution in [3.05, 3.63) is 17.0 Å². The van der Waals surface area contributed by atoms with Gasteiger partial charge in [0.2, 0.25) is 0 Å². The number of nitrogens with zero attached hydrogens (tertiary/aromatic N) is 2. The molecule has 0 N–H and O–H groups in total. The average Bonchev–Trinajstić information content (AvgIpc) is 2.11. The van der Waals surface area contributed by atoms with Gasteiger partial charge in [-0.05, 0) is 11.2 Å². The minimum Gasteiger partial charge on any atom is -0.460 e. The summed E-state index contributed by atoms with van der Waals surface area (Å²) >= 11 is 1.50. The predicted molar refractivity (Wildman–Crippen MR) is 47.9 cm³/mol. The van der Waals surface area contributed by atoms with Gasteiger partial charge in [-0.25, -0.2) is 4.79 Å². The molecule has 0 fully saturated rings. The lowest BCUT2D eigenvalue weighted by atomic mass is 10.4. The second-order valence-electron chi connectivity index (χ2n) is 1.73. The van der Waals surface area contributed by atoms with Gasteiger partial charge < -0.3 is 10.3 Å². The van der Waals surface area contributed by atoms with Gasteiger partial charge in [-0.1, -0.05) is 6.92 Å². The molecule has 0 amide bonds. The molecule has 0 aliphatic heterocycles. The largest absolute Gasteiger partial charge is 0.460 e. The molecule has 0 atom stereocenters. The number of esters is 1. The Morgan fingerprint density at radius 2 is 2.42 bits per heavy atom. The third kappa shape index (κ3) is 3.95. The molecule has 5 heteroatoms. The number of thioether (sulfide) groups is 1. The smallest absolute Gasteiger partial charge is 0.421 e. The summed E-state index contributed by atoms with van der Waals surface area (Å²) in [6.07, 6.45) is 1.40. The van der Waals surface area contributed by atoms with E-state index in [0.717, 1.165) is 5.75 Å². The molecular formula is C7H10N2O2S. The van der Waals surface area contributed by atoms with Gasteiger partial charge in [0.15, 0.2) is 0 Å². The Labute approximate surface area is 75.2 Å². The minimum absolute atomic E-state index is 0.0987. The van der Waals surface area contributed by atoms with E-state index in [9.17, 15) is 4.79 Å². The zero-order valence-corrected chi connectivity index (χ0v) is 7.80. The van der Waals surface area contributed by atoms with Crippen molar-refractivity contribution >= 4 is 23.4 Å². The van der Waals surface area contributed by atoms with E-state index in [1.165, 1.54) is 24.9 Å². The summed E-state index contributed by atoms with van der Waals surface area (Å²) in [7, 11) is 1.23. The Hall–Kier alpha value is -1.06. The van der Waals surface area contributed by atoms with E-state index in [-0.39, 0.29) is 5.71 Å². The van der Waals surface area contributed by atoms with Crippen LogP contribution < -0.4 is 0 Å². The zero-order chi connectivity index (χ0) is 9.40. The van der Waals surface area contributed by atoms with Crippen LogP contribution in [-0.2, 0) is 9.53 Å². The van der Waals surface area contributed by atoms with E-state index < -0.39 is 5.97 Å². The number of carbonyl (C=O) groups is 1. The van der Waals surface area contributed by atoms with Gasteiger partial charge in [-0.2, -0.15) is 4.79 Å². The van der Waals surface area contributed by atoms with Gasteiger partial charge in [0, 0.05) is 6.08 Å². The van der Waals surface area contributed by atoms with Crippen molar-refractivity contribution in [2.75, 3.05) is 12.9 Å². The van der Waals surface area contributed by atoms with Gasteiger partial charge in [-0.15, -0.1) is 11.8 Å². The van der Waals surface area contributed by atoms with Gasteiger partial charge in [0.1, 0.15) is 0 Å². The molecule has 12 heavy (non-hydrogen) atoms. The molecule has 66 valence electrons. The van der Waals surface area contributed by atoms with Crippen LogP contribution in [0.3, 0.4) is 0 Å². The van der Waals surface area contributed by atoms with E-state index in [0.29, 0.717) is 0 Å². The molecule has 0 radical (unpaired) electrons. The minimum atomic E-state index is -0.648. The summed E-state index contributed by atoms with van der Waals surface area (Å²) in [4.78, 5) is 13.5. The van der Waals surface area contributed by atoms with Gasteiger partial charge in [-0.3, -0.25) is 0 Å². The van der Waals surface area contributed by atoms with Crippen molar-refractivity contribution in [1.29, 1.82) is 0 Å². The second-order valence-corrected chi connectivity index (χ2v) is 2.92. The molecule has 0 saturated heterocycles. The fraction of sp³-hybridized carbons (Fsp3) is 0.429. The third-order valence-electron chi connectivity index (χ3n) is 0.991. The third-order valence-corrected chi connectivity index (χ3v) is 1.65. The molecule has 0 rings (SSSR count). The summed E-state index contributed by atoms with van der Waals surface area (Å²) in [5, 5.41) is 1.67. The second kappa shape index (κ2) is 6.64. The fourth-order valence-electron chi connectivity index (χ4n) is 0.456. The SMILES string of the molecule is CCS/C=C/C(=[N+]=[N-])C(=O)OC. The lowest BCUT2D eigenvalue weighted by Gasteiger charge is -1.87. The van der Waals surface area contributed by atoms with Crippen LogP contribution >= 0.6 is 11.8 Å². The number of ether oxygens (including phenoxy) is 1. The van der Waals surface area contributed by atoms with E-state index in [4.69, 9.17) is 5.53 Å². The molecule has 0 aromatic carbocycles. The Bertz CT molecular complexity index is 232. The molecule has 0 aromatic rings. The van der Waals surface area contributed by atoms with E-state index in [2.05, 4.69) is 9.53 Å². The van der Waals surface area contributed by atoms with Gasteiger partial charge >= 0.3 is 11.7 Å². The zero-order valence-electron chi connectivity index (χ0n) is 6.98. The van der Waals surface area contributed by atoms with E-state index >= 15 is 0 Å². The summed E-state index contributed by atoms with van der Waals surface area (Å²) < 4.78 is 4.34. The molecular weight excluding hydrogens is 176 g/mol. The molecule has 0 unspecified atom stereocenters. The highest BCUT2D eigenvalue weighted by atomic mass is 32.2. The molecule has 0 aliphatic carbocycles. The summed E-state index contributed by atoms with van der Waals surface area (Å²) in [5.74, 6) is 0.251. The van der Waals surface area contributed by atoms with Crippen LogP contribution in [0.15, 0.2) is 11.5 Å². The Balaban J connectivity index is 4.20. The van der Waals surface area contributed by atoms with Crippen molar-refractivity contribution < 1.29 is 14.3 Å². The molecule has 0 spiro atoms. The molecule has 0 bridgehead atoms. The average molecular weight is 186 g/mol. The van der Waals surface area contributed by atoms with Crippen LogP contribution in [0.1, 0.15) is 6.92 Å². The van der Waals surface area contributed by atoms with Crippen molar-refractivity contribution in [2.45, 2.75) is 6.92 Å². The number of hydrogen-bond acceptors (Lipinski definition) is 3. The normalized spacial score (nSPS) is 9.50. The van der Waals surface area contributed by atoms with Crippen LogP contribution in [0.2, 0.25) is 0 Å². The summed E-state index contributed by atoms with van der Waals surface area (Å²) in [6.45, 7) is 1.98. The van der Waals surface area contributed by atoms with Crippen LogP contribution in [0, 0.1) is 0 Å². The van der Waals surface area contributed by atoms with Crippen molar-refractivity contribution in [2.24, 2.45) is 0 Å². The maximum atomic E-state index is 10.8. The maximum Gasteiger partial charge on any atom is 0.421 e. The Kier molecular flexibility index (Phi) is 6.05. The number of rotatable bonds is 4. The first-order valence-electron chi connectivity index (χ1n) is 3.34. The number of methoxy groups -OCH3 is 1. The van der Waals surface area contributed by atoms with Crippen LogP contribution in [0.5, 0.6) is 0 Å². The highest BCUT2D eigenvalue weighted by Crippen LogP contribution is 1.99. The van der Waals surface area contributed by atoms with E-state index in [1.807, 2.05) is 6.92 Å². The van der Waals surface area contributed by atoms with Crippen LogP contribution in [0.25, 0.3) is 5.53 Å². The van der Waals surface area contributed by atoms with Crippen LogP contribution in [-0.4, -0.2) is 29.3 Å². The first kappa shape index (κ1) is 10.9. The Morgan fingerprint density at radius 3 is 2.83 bits per heavy atom. The molecule has 0 saturated carbocycles. The topological polar surface area (TPSA) is 62.7 Å². The van der Waals surface area contributed by atoms with Crippen molar-refractivity contribution in [1.82, 2.24) is 0 Å². The molecule has 4 nitrogen and oxygen atoms in total. The standard InChI is InChI=1S/C7H10N2O2S/c1-3-12-5-4-6(9-8)7(10)11-2/h4-5H,3H2,1-2H3/b5-4+. The fourth-order valence-corrected chi connectivity index (χ4v) is 0.873. The highest BCUT2D eigenvalue weighted by molar-refractivity contribution is 8.02. The maximum absolute atomic E-state index is 10.8. The first-order chi connectivity index (χ1) is 5.76. The molecule has 0 aliphatic rings. The quantitative estimate of drug-likeness (QED) is 0.286. The summed E-state index contributed by atoms with van der Waals surface area (Å²) in [6, 6.07) is 0. The highest BCUT2D eigenvalue weighted by Gasteiger charge is 2.15. The molecule has 0 aromatic heterocycles. The van der Waals surface area contributed by atoms with E-state index in [1.54, 1.807) is 5.41 Å². The van der Waals surface area contributed by atoms with Crippen LogP contribution in [0.4, 0.5) is 0 Å². The number of hydrogen-bond donors (Lipinski definition) is 0. The van der Waals surface area contributed by atoms with Gasteiger partial charge in [0.05, 0.1) is 7.11 Å². The summed E-state index contributed by atoms with van der Waals surface area (Å²) in [5.41, 5.74) is 8.25. The molecule has 0 heterocycles. The number of carbonyl (C=O) groups excluding carboxylic acids is 1. The first-order valence-corrected chi connectivity index (χ1v) is 4.39. The lowest BCUT2D eigenvalue weighted by Crippen LogP contribution is -2.13. The van der Waals surface area contributed by atoms with Gasteiger partial charge in [0.25, 0.3) is 0 Å². The lowest BCUT2D eigenvalue weighted by molar-refractivity contribution is -0.137. The van der Waals surface area contributed by atoms with Crippen molar-refractivity contribution in [3.8, 4) is 0 Å². The van der Waals surface area contributed by atoms with Crippen molar-refractivity contribution in [3.63, 3.8) is 0 Å².